The summed E-state index contributed by atoms with van der Waals surface area (Å²) in [5.74, 6) is 0.848. The summed E-state index contributed by atoms with van der Waals surface area (Å²) < 4.78 is 6.26. The zero-order valence-electron chi connectivity index (χ0n) is 8.04. The largest absolute Gasteiger partial charge is 0.448 e. The van der Waals surface area contributed by atoms with Crippen molar-refractivity contribution in [1.29, 1.82) is 0 Å². The molecule has 72 valence electrons. The Morgan fingerprint density at radius 3 is 2.64 bits per heavy atom. The van der Waals surface area contributed by atoms with Crippen molar-refractivity contribution in [3.63, 3.8) is 0 Å². The Morgan fingerprint density at radius 2 is 2.07 bits per heavy atom. The molecule has 0 spiro atoms. The minimum absolute atomic E-state index is 0.848. The van der Waals surface area contributed by atoms with Crippen LogP contribution in [0, 0.1) is 13.8 Å². The monoisotopic (exact) mass is 251 g/mol. The van der Waals surface area contributed by atoms with Gasteiger partial charge in [0.15, 0.2) is 6.39 Å². The van der Waals surface area contributed by atoms with Crippen molar-refractivity contribution in [1.82, 2.24) is 4.98 Å². The summed E-state index contributed by atoms with van der Waals surface area (Å²) in [6.45, 7) is 3.97. The van der Waals surface area contributed by atoms with Crippen LogP contribution in [-0.2, 0) is 0 Å². The van der Waals surface area contributed by atoms with E-state index >= 15 is 0 Å². The van der Waals surface area contributed by atoms with Gasteiger partial charge in [-0.3, -0.25) is 0 Å². The van der Waals surface area contributed by atoms with E-state index in [1.54, 1.807) is 0 Å². The van der Waals surface area contributed by atoms with Gasteiger partial charge in [0.2, 0.25) is 0 Å². The van der Waals surface area contributed by atoms with Crippen LogP contribution >= 0.6 is 15.9 Å². The lowest BCUT2D eigenvalue weighted by molar-refractivity contribution is 0.527. The SMILES string of the molecule is Cc1ccc(-c2ncoc2C)cc1Br. The molecule has 1 aromatic carbocycles. The maximum Gasteiger partial charge on any atom is 0.181 e. The highest BCUT2D eigenvalue weighted by Gasteiger charge is 2.07. The van der Waals surface area contributed by atoms with Crippen LogP contribution in [0.25, 0.3) is 11.3 Å². The molecule has 3 heteroatoms. The van der Waals surface area contributed by atoms with Gasteiger partial charge in [-0.2, -0.15) is 0 Å². The Hall–Kier alpha value is -1.09. The Bertz CT molecular complexity index is 462. The summed E-state index contributed by atoms with van der Waals surface area (Å²) in [5.41, 5.74) is 3.20. The molecular weight excluding hydrogens is 242 g/mol. The van der Waals surface area contributed by atoms with Crippen molar-refractivity contribution in [2.75, 3.05) is 0 Å². The minimum Gasteiger partial charge on any atom is -0.448 e. The molecule has 0 fully saturated rings. The number of benzene rings is 1. The fraction of sp³-hybridized carbons (Fsp3) is 0.182. The first-order valence-corrected chi connectivity index (χ1v) is 5.14. The second kappa shape index (κ2) is 3.58. The normalized spacial score (nSPS) is 10.5. The van der Waals surface area contributed by atoms with Crippen molar-refractivity contribution in [2.24, 2.45) is 0 Å². The average Bonchev–Trinajstić information content (AvgIpc) is 2.57. The lowest BCUT2D eigenvalue weighted by Crippen LogP contribution is -1.82. The second-order valence-electron chi connectivity index (χ2n) is 3.22. The molecule has 0 N–H and O–H groups in total. The molecule has 0 saturated carbocycles. The Labute approximate surface area is 91.1 Å². The predicted octanol–water partition coefficient (Wildman–Crippen LogP) is 3.72. The maximum absolute atomic E-state index is 5.16. The molecule has 0 aliphatic rings. The van der Waals surface area contributed by atoms with Gasteiger partial charge in [0.1, 0.15) is 11.5 Å². The summed E-state index contributed by atoms with van der Waals surface area (Å²) >= 11 is 3.50. The standard InChI is InChI=1S/C11H10BrNO/c1-7-3-4-9(5-10(7)12)11-8(2)14-6-13-11/h3-6H,1-2H3. The average molecular weight is 252 g/mol. The molecular formula is C11H10BrNO. The second-order valence-corrected chi connectivity index (χ2v) is 4.08. The van der Waals surface area contributed by atoms with Crippen LogP contribution in [0.4, 0.5) is 0 Å². The number of rotatable bonds is 1. The molecule has 0 amide bonds. The van der Waals surface area contributed by atoms with Crippen molar-refractivity contribution in [3.05, 3.63) is 40.4 Å². The van der Waals surface area contributed by atoms with Gasteiger partial charge in [-0.25, -0.2) is 4.98 Å². The number of hydrogen-bond donors (Lipinski definition) is 0. The Balaban J connectivity index is 2.53. The van der Waals surface area contributed by atoms with Crippen molar-refractivity contribution in [2.45, 2.75) is 13.8 Å². The van der Waals surface area contributed by atoms with Crippen molar-refractivity contribution >= 4 is 15.9 Å². The third-order valence-electron chi connectivity index (χ3n) is 2.19. The molecule has 1 aromatic heterocycles. The lowest BCUT2D eigenvalue weighted by atomic mass is 10.1. The zero-order valence-corrected chi connectivity index (χ0v) is 9.63. The molecule has 2 nitrogen and oxygen atoms in total. The fourth-order valence-corrected chi connectivity index (χ4v) is 1.70. The zero-order chi connectivity index (χ0) is 10.1. The van der Waals surface area contributed by atoms with Crippen molar-refractivity contribution < 1.29 is 4.42 Å². The van der Waals surface area contributed by atoms with Gasteiger partial charge in [0.05, 0.1) is 0 Å². The quantitative estimate of drug-likeness (QED) is 0.773. The van der Waals surface area contributed by atoms with E-state index < -0.39 is 0 Å². The van der Waals surface area contributed by atoms with Gasteiger partial charge in [-0.05, 0) is 25.5 Å². The van der Waals surface area contributed by atoms with Crippen LogP contribution in [0.15, 0.2) is 33.5 Å². The summed E-state index contributed by atoms with van der Waals surface area (Å²) in [5, 5.41) is 0. The van der Waals surface area contributed by atoms with Gasteiger partial charge in [-0.15, -0.1) is 0 Å². The third-order valence-corrected chi connectivity index (χ3v) is 3.04. The van der Waals surface area contributed by atoms with E-state index in [9.17, 15) is 0 Å². The number of nitrogens with zero attached hydrogens (tertiary/aromatic N) is 1. The molecule has 0 unspecified atom stereocenters. The first-order valence-electron chi connectivity index (χ1n) is 4.35. The number of hydrogen-bond acceptors (Lipinski definition) is 2. The molecule has 0 radical (unpaired) electrons. The van der Waals surface area contributed by atoms with Gasteiger partial charge in [0.25, 0.3) is 0 Å². The van der Waals surface area contributed by atoms with Crippen LogP contribution in [0.5, 0.6) is 0 Å². The summed E-state index contributed by atoms with van der Waals surface area (Å²) in [4.78, 5) is 4.17. The van der Waals surface area contributed by atoms with Gasteiger partial charge >= 0.3 is 0 Å². The highest BCUT2D eigenvalue weighted by atomic mass is 79.9. The van der Waals surface area contributed by atoms with Crippen molar-refractivity contribution in [3.8, 4) is 11.3 Å². The van der Waals surface area contributed by atoms with E-state index in [-0.39, 0.29) is 0 Å². The van der Waals surface area contributed by atoms with Crippen LogP contribution in [0.1, 0.15) is 11.3 Å². The first kappa shape index (κ1) is 9.46. The molecule has 2 aromatic rings. The number of halogens is 1. The van der Waals surface area contributed by atoms with Crippen LogP contribution in [0.3, 0.4) is 0 Å². The van der Waals surface area contributed by atoms with E-state index in [4.69, 9.17) is 4.42 Å². The number of aromatic nitrogens is 1. The predicted molar refractivity (Wildman–Crippen MR) is 59.1 cm³/mol. The summed E-state index contributed by atoms with van der Waals surface area (Å²) in [6.07, 6.45) is 1.47. The van der Waals surface area contributed by atoms with Gasteiger partial charge in [0, 0.05) is 10.0 Å². The van der Waals surface area contributed by atoms with Crippen LogP contribution < -0.4 is 0 Å². The lowest BCUT2D eigenvalue weighted by Gasteiger charge is -2.01. The fourth-order valence-electron chi connectivity index (χ4n) is 1.32. The summed E-state index contributed by atoms with van der Waals surface area (Å²) in [7, 11) is 0. The molecule has 1 heterocycles. The highest BCUT2D eigenvalue weighted by Crippen LogP contribution is 2.26. The smallest absolute Gasteiger partial charge is 0.181 e. The van der Waals surface area contributed by atoms with E-state index in [1.165, 1.54) is 12.0 Å². The topological polar surface area (TPSA) is 26.0 Å². The van der Waals surface area contributed by atoms with Gasteiger partial charge < -0.3 is 4.42 Å². The van der Waals surface area contributed by atoms with Crippen LogP contribution in [-0.4, -0.2) is 4.98 Å². The minimum atomic E-state index is 0.848. The molecule has 0 saturated heterocycles. The Kier molecular flexibility index (Phi) is 2.42. The number of oxazole rings is 1. The maximum atomic E-state index is 5.16. The Morgan fingerprint density at radius 1 is 1.29 bits per heavy atom. The summed E-state index contributed by atoms with van der Waals surface area (Å²) in [6, 6.07) is 6.17. The molecule has 0 aliphatic carbocycles. The molecule has 0 atom stereocenters. The first-order chi connectivity index (χ1) is 6.68. The molecule has 14 heavy (non-hydrogen) atoms. The molecule has 0 bridgehead atoms. The highest BCUT2D eigenvalue weighted by molar-refractivity contribution is 9.10. The number of aryl methyl sites for hydroxylation is 2. The molecule has 0 aliphatic heterocycles. The van der Waals surface area contributed by atoms with Gasteiger partial charge in [-0.1, -0.05) is 28.1 Å². The van der Waals surface area contributed by atoms with E-state index in [0.29, 0.717) is 0 Å². The molecule has 2 rings (SSSR count). The van der Waals surface area contributed by atoms with E-state index in [2.05, 4.69) is 40.0 Å². The van der Waals surface area contributed by atoms with E-state index in [0.717, 1.165) is 21.5 Å². The third kappa shape index (κ3) is 1.60. The van der Waals surface area contributed by atoms with Crippen LogP contribution in [0.2, 0.25) is 0 Å². The van der Waals surface area contributed by atoms with E-state index in [1.807, 2.05) is 13.0 Å².